The summed E-state index contributed by atoms with van der Waals surface area (Å²) in [4.78, 5) is 123. The van der Waals surface area contributed by atoms with Crippen LogP contribution in [0.15, 0.2) is 0 Å². The first-order valence-corrected chi connectivity index (χ1v) is 24.5. The molecule has 2 amide bonds. The zero-order valence-electron chi connectivity index (χ0n) is 41.9. The fraction of sp³-hybridized carbons (Fsp3) is 0.795. The van der Waals surface area contributed by atoms with Crippen LogP contribution >= 0.6 is 0 Å². The Morgan fingerprint density at radius 1 is 0.370 bits per heavy atom. The minimum Gasteiger partial charge on any atom is -0.480 e. The summed E-state index contributed by atoms with van der Waals surface area (Å²) in [6, 6.07) is -0.985. The molecular weight excluding hydrogens is 1110 g/mol. The average molecular weight is 1190 g/mol. The van der Waals surface area contributed by atoms with E-state index < -0.39 is 47.8 Å². The van der Waals surface area contributed by atoms with Crippen LogP contribution in [0.4, 0.5) is 0 Å². The second-order valence-corrected chi connectivity index (χ2v) is 18.3. The van der Waals surface area contributed by atoms with E-state index in [1.165, 1.54) is 0 Å². The number of hydrogen-bond acceptors (Lipinski definition) is 19. The zero-order chi connectivity index (χ0) is 53.4. The number of nitrogens with zero attached hydrogens (tertiary/aromatic N) is 9. The Balaban J connectivity index is 0.0000266. The first kappa shape index (κ1) is 67.2. The first-order chi connectivity index (χ1) is 34.2. The van der Waals surface area contributed by atoms with Crippen molar-refractivity contribution < 1.29 is 119 Å². The van der Waals surface area contributed by atoms with Gasteiger partial charge in [-0.05, 0) is 45.3 Å². The van der Waals surface area contributed by atoms with Crippen molar-refractivity contribution in [2.75, 3.05) is 190 Å². The van der Waals surface area contributed by atoms with E-state index >= 15 is 0 Å². The number of aliphatic carboxylic acids is 7. The monoisotopic (exact) mass is 1190 g/mol. The second-order valence-electron chi connectivity index (χ2n) is 18.3. The SMILES string of the molecule is NC(CCCCN(CCCNC(=O)CN1CCN(CC(=O)O)CCN(CC(=O)O)CCN(CC(=O)O)CC1)CCCNC(=O)CN1CCN(CC(=O)O)CCN(CC(=O)O)CCN(CC(=O)O)CC1)C(=O)O.[Gd+3]. The van der Waals surface area contributed by atoms with E-state index in [-0.39, 0.29) is 183 Å². The van der Waals surface area contributed by atoms with Crippen molar-refractivity contribution in [2.45, 2.75) is 38.1 Å². The third-order valence-electron chi connectivity index (χ3n) is 12.3. The van der Waals surface area contributed by atoms with Gasteiger partial charge in [0, 0.05) is 118 Å². The normalized spacial score (nSPS) is 18.2. The predicted octanol–water partition coefficient (Wildman–Crippen LogP) is -5.17. The zero-order valence-corrected chi connectivity index (χ0v) is 44.1. The standard InChI is InChI=1S/C44H80N12O16.Gd/c45-35(44(71)72)5-1-2-8-48(9-3-6-46-36(57)27-49-11-15-51(29-38(59)60)19-23-55(33-42(67)68)24-20-52(16-12-49)30-39(61)62)10-4-7-47-37(58)28-50-13-17-53(31-40(63)64)21-25-56(34-43(69)70)26-22-54(18-14-50)32-41(65)66;/h35H,1-34,45H2,(H,46,57)(H,47,58)(H,59,60)(H,61,62)(H,63,64)(H,65,66)(H,67,68)(H,69,70)(H,71,72);/q;+3. The van der Waals surface area contributed by atoms with Crippen LogP contribution in [0.3, 0.4) is 0 Å². The fourth-order valence-corrected chi connectivity index (χ4v) is 8.31. The number of carboxylic acids is 7. The number of hydrogen-bond donors (Lipinski definition) is 10. The maximum atomic E-state index is 13.3. The third kappa shape index (κ3) is 34.4. The number of amides is 2. The molecule has 11 N–H and O–H groups in total. The van der Waals surface area contributed by atoms with Gasteiger partial charge in [0.2, 0.25) is 11.8 Å². The molecule has 0 aromatic heterocycles. The molecule has 0 bridgehead atoms. The fourth-order valence-electron chi connectivity index (χ4n) is 8.31. The van der Waals surface area contributed by atoms with Gasteiger partial charge in [-0.15, -0.1) is 0 Å². The molecule has 2 heterocycles. The summed E-state index contributed by atoms with van der Waals surface area (Å²) in [6.45, 7) is 4.77. The van der Waals surface area contributed by atoms with Crippen molar-refractivity contribution in [1.82, 2.24) is 54.7 Å². The van der Waals surface area contributed by atoms with Gasteiger partial charge in [0.15, 0.2) is 0 Å². The molecule has 28 nitrogen and oxygen atoms in total. The van der Waals surface area contributed by atoms with E-state index in [2.05, 4.69) is 15.5 Å². The summed E-state index contributed by atoms with van der Waals surface area (Å²) in [6.07, 6.45) is 2.59. The summed E-state index contributed by atoms with van der Waals surface area (Å²) >= 11 is 0. The van der Waals surface area contributed by atoms with Crippen molar-refractivity contribution in [2.24, 2.45) is 5.73 Å². The van der Waals surface area contributed by atoms with Crippen LogP contribution in [-0.4, -0.2) is 329 Å². The molecule has 1 unspecified atom stereocenters. The average Bonchev–Trinajstić information content (AvgIpc) is 3.28. The maximum Gasteiger partial charge on any atom is 3.00 e. The molecule has 2 rings (SSSR count). The number of unbranched alkanes of at least 4 members (excludes halogenated alkanes) is 1. The van der Waals surface area contributed by atoms with Crippen molar-refractivity contribution in [3.63, 3.8) is 0 Å². The van der Waals surface area contributed by atoms with E-state index in [1.54, 1.807) is 29.4 Å². The van der Waals surface area contributed by atoms with Gasteiger partial charge in [-0.3, -0.25) is 82.4 Å². The number of nitrogens with one attached hydrogen (secondary N) is 2. The van der Waals surface area contributed by atoms with Crippen molar-refractivity contribution >= 4 is 53.6 Å². The van der Waals surface area contributed by atoms with Gasteiger partial charge in [0.1, 0.15) is 6.04 Å². The smallest absolute Gasteiger partial charge is 0.480 e. The summed E-state index contributed by atoms with van der Waals surface area (Å²) < 4.78 is 0. The van der Waals surface area contributed by atoms with Crippen LogP contribution in [0.2, 0.25) is 0 Å². The molecule has 2 aliphatic heterocycles. The molecule has 0 aromatic rings. The van der Waals surface area contributed by atoms with E-state index in [9.17, 15) is 78.9 Å². The minimum atomic E-state index is -1.09. The van der Waals surface area contributed by atoms with Crippen molar-refractivity contribution in [3.8, 4) is 0 Å². The Morgan fingerprint density at radius 3 is 0.808 bits per heavy atom. The van der Waals surface area contributed by atoms with Crippen molar-refractivity contribution in [1.29, 1.82) is 0 Å². The number of carboxylic acid groups (broad SMARTS) is 7. The van der Waals surface area contributed by atoms with E-state index in [0.717, 1.165) is 0 Å². The molecule has 2 aliphatic rings. The van der Waals surface area contributed by atoms with Crippen LogP contribution in [0.5, 0.6) is 0 Å². The minimum absolute atomic E-state index is 0. The molecule has 29 heteroatoms. The van der Waals surface area contributed by atoms with Gasteiger partial charge in [0.05, 0.1) is 52.4 Å². The Morgan fingerprint density at radius 2 is 0.589 bits per heavy atom. The molecule has 73 heavy (non-hydrogen) atoms. The number of carbonyl (C=O) groups excluding carboxylic acids is 2. The van der Waals surface area contributed by atoms with Gasteiger partial charge >= 0.3 is 81.7 Å². The Bertz CT molecular complexity index is 1560. The van der Waals surface area contributed by atoms with Crippen molar-refractivity contribution in [3.05, 3.63) is 0 Å². The van der Waals surface area contributed by atoms with E-state index in [1.807, 2.05) is 9.80 Å². The predicted molar refractivity (Wildman–Crippen MR) is 258 cm³/mol. The van der Waals surface area contributed by atoms with Crippen LogP contribution in [0.25, 0.3) is 0 Å². The Hall–Kier alpha value is -3.85. The first-order valence-electron chi connectivity index (χ1n) is 24.5. The molecule has 2 fully saturated rings. The number of carbonyl (C=O) groups is 9. The van der Waals surface area contributed by atoms with Crippen LogP contribution < -0.4 is 16.4 Å². The van der Waals surface area contributed by atoms with Gasteiger partial charge in [-0.2, -0.15) is 0 Å². The Labute approximate surface area is 458 Å². The topological polar surface area (TPSA) is 374 Å². The summed E-state index contributed by atoms with van der Waals surface area (Å²) in [5.74, 6) is -7.99. The molecule has 0 spiro atoms. The molecular formula is C44H80GdN12O16+3. The quantitative estimate of drug-likeness (QED) is 0.0301. The third-order valence-corrected chi connectivity index (χ3v) is 12.3. The molecule has 1 radical (unpaired) electrons. The molecule has 2 saturated heterocycles. The van der Waals surface area contributed by atoms with E-state index in [0.29, 0.717) is 91.0 Å². The summed E-state index contributed by atoms with van der Waals surface area (Å²) in [7, 11) is 0. The molecule has 417 valence electrons. The van der Waals surface area contributed by atoms with E-state index in [4.69, 9.17) is 5.73 Å². The number of nitrogens with two attached hydrogens (primary N) is 1. The van der Waals surface area contributed by atoms with Gasteiger partial charge in [-0.1, -0.05) is 6.42 Å². The molecule has 0 aromatic carbocycles. The van der Waals surface area contributed by atoms with Crippen LogP contribution in [-0.2, 0) is 43.2 Å². The maximum absolute atomic E-state index is 13.3. The molecule has 0 aliphatic carbocycles. The molecule has 1 atom stereocenters. The second kappa shape index (κ2) is 38.7. The summed E-state index contributed by atoms with van der Waals surface area (Å²) in [5, 5.41) is 72.0. The largest absolute Gasteiger partial charge is 3.00 e. The van der Waals surface area contributed by atoms with Crippen LogP contribution in [0, 0.1) is 39.9 Å². The van der Waals surface area contributed by atoms with Gasteiger partial charge in [-0.25, -0.2) is 0 Å². The van der Waals surface area contributed by atoms with Gasteiger partial charge < -0.3 is 57.0 Å². The number of rotatable bonds is 30. The summed E-state index contributed by atoms with van der Waals surface area (Å²) in [5.41, 5.74) is 5.71. The Kier molecular flexibility index (Phi) is 35.6. The van der Waals surface area contributed by atoms with Crippen LogP contribution in [0.1, 0.15) is 32.1 Å². The molecule has 0 saturated carbocycles. The van der Waals surface area contributed by atoms with Gasteiger partial charge in [0.25, 0.3) is 0 Å².